The first-order chi connectivity index (χ1) is 7.67. The Bertz CT molecular complexity index is 326. The molecule has 0 aromatic heterocycles. The highest BCUT2D eigenvalue weighted by molar-refractivity contribution is 9.10. The minimum Gasteiger partial charge on any atom is -0.384 e. The second-order valence-electron chi connectivity index (χ2n) is 4.20. The summed E-state index contributed by atoms with van der Waals surface area (Å²) in [7, 11) is 2.00. The Balaban J connectivity index is 2.53. The monoisotopic (exact) mass is 284 g/mol. The molecular formula is C13H21BrN2. The van der Waals surface area contributed by atoms with Gasteiger partial charge in [0, 0.05) is 16.7 Å². The van der Waals surface area contributed by atoms with E-state index < -0.39 is 0 Å². The molecule has 1 atom stereocenters. The Labute approximate surface area is 107 Å². The maximum absolute atomic E-state index is 3.58. The van der Waals surface area contributed by atoms with Gasteiger partial charge in [0.05, 0.1) is 0 Å². The molecule has 0 saturated carbocycles. The molecule has 90 valence electrons. The van der Waals surface area contributed by atoms with E-state index in [0.717, 1.165) is 17.6 Å². The molecule has 2 N–H and O–H groups in total. The zero-order chi connectivity index (χ0) is 12.0. The maximum atomic E-state index is 3.58. The van der Waals surface area contributed by atoms with E-state index in [2.05, 4.69) is 58.6 Å². The predicted octanol–water partition coefficient (Wildman–Crippen LogP) is 3.42. The Morgan fingerprint density at radius 1 is 1.31 bits per heavy atom. The van der Waals surface area contributed by atoms with Crippen LogP contribution in [0, 0.1) is 12.8 Å². The Morgan fingerprint density at radius 3 is 2.62 bits per heavy atom. The first kappa shape index (κ1) is 13.5. The summed E-state index contributed by atoms with van der Waals surface area (Å²) >= 11 is 3.58. The summed E-state index contributed by atoms with van der Waals surface area (Å²) in [6, 6.07) is 6.40. The Kier molecular flexibility index (Phi) is 5.85. The predicted molar refractivity (Wildman–Crippen MR) is 75.1 cm³/mol. The third-order valence-electron chi connectivity index (χ3n) is 2.78. The third kappa shape index (κ3) is 4.14. The highest BCUT2D eigenvalue weighted by Gasteiger charge is 2.06. The van der Waals surface area contributed by atoms with Gasteiger partial charge in [0.2, 0.25) is 0 Å². The number of hydrogen-bond acceptors (Lipinski definition) is 2. The van der Waals surface area contributed by atoms with Gasteiger partial charge in [-0.2, -0.15) is 0 Å². The van der Waals surface area contributed by atoms with Gasteiger partial charge in [-0.15, -0.1) is 0 Å². The van der Waals surface area contributed by atoms with Crippen molar-refractivity contribution in [1.82, 2.24) is 5.32 Å². The molecule has 2 nitrogen and oxygen atoms in total. The second kappa shape index (κ2) is 6.92. The molecule has 0 bridgehead atoms. The quantitative estimate of drug-likeness (QED) is 0.837. The molecule has 0 amide bonds. The van der Waals surface area contributed by atoms with Crippen LogP contribution in [-0.4, -0.2) is 20.1 Å². The number of hydrogen-bond donors (Lipinski definition) is 2. The molecule has 3 heteroatoms. The minimum atomic E-state index is 0.679. The number of nitrogens with one attached hydrogen (secondary N) is 2. The van der Waals surface area contributed by atoms with Crippen molar-refractivity contribution < 1.29 is 0 Å². The van der Waals surface area contributed by atoms with Crippen LogP contribution in [0.15, 0.2) is 22.7 Å². The molecule has 1 aromatic carbocycles. The fourth-order valence-electron chi connectivity index (χ4n) is 1.67. The molecule has 0 aliphatic carbocycles. The molecule has 1 unspecified atom stereocenters. The van der Waals surface area contributed by atoms with Gasteiger partial charge in [-0.05, 0) is 60.1 Å². The number of aryl methyl sites for hydroxylation is 1. The first-order valence-corrected chi connectivity index (χ1v) is 6.61. The van der Waals surface area contributed by atoms with Crippen LogP contribution < -0.4 is 10.6 Å². The summed E-state index contributed by atoms with van der Waals surface area (Å²) < 4.78 is 1.15. The Hall–Kier alpha value is -0.540. The second-order valence-corrected chi connectivity index (χ2v) is 5.05. The zero-order valence-corrected chi connectivity index (χ0v) is 11.9. The molecule has 0 saturated heterocycles. The van der Waals surface area contributed by atoms with Crippen LogP contribution in [0.25, 0.3) is 0 Å². The van der Waals surface area contributed by atoms with Crippen LogP contribution in [0.2, 0.25) is 0 Å². The van der Waals surface area contributed by atoms with E-state index in [9.17, 15) is 0 Å². The van der Waals surface area contributed by atoms with E-state index in [0.29, 0.717) is 5.92 Å². The molecule has 1 aromatic rings. The van der Waals surface area contributed by atoms with E-state index in [4.69, 9.17) is 0 Å². The van der Waals surface area contributed by atoms with Crippen molar-refractivity contribution in [1.29, 1.82) is 0 Å². The van der Waals surface area contributed by atoms with Crippen molar-refractivity contribution in [2.45, 2.75) is 20.3 Å². The minimum absolute atomic E-state index is 0.679. The standard InChI is InChI=1S/C13H21BrN2/c1-4-11(8-15-3)9-16-13-6-5-10(2)7-12(13)14/h5-7,11,15-16H,4,8-9H2,1-3H3. The van der Waals surface area contributed by atoms with E-state index in [1.54, 1.807) is 0 Å². The maximum Gasteiger partial charge on any atom is 0.0484 e. The molecule has 16 heavy (non-hydrogen) atoms. The normalized spacial score (nSPS) is 12.5. The largest absolute Gasteiger partial charge is 0.384 e. The average Bonchev–Trinajstić information content (AvgIpc) is 2.26. The van der Waals surface area contributed by atoms with Gasteiger partial charge in [0.15, 0.2) is 0 Å². The average molecular weight is 285 g/mol. The van der Waals surface area contributed by atoms with E-state index in [1.807, 2.05) is 7.05 Å². The fourth-order valence-corrected chi connectivity index (χ4v) is 2.30. The van der Waals surface area contributed by atoms with Gasteiger partial charge < -0.3 is 10.6 Å². The third-order valence-corrected chi connectivity index (χ3v) is 3.43. The molecule has 0 aliphatic heterocycles. The highest BCUT2D eigenvalue weighted by Crippen LogP contribution is 2.23. The van der Waals surface area contributed by atoms with Gasteiger partial charge in [-0.25, -0.2) is 0 Å². The van der Waals surface area contributed by atoms with Crippen LogP contribution in [0.5, 0.6) is 0 Å². The number of halogens is 1. The van der Waals surface area contributed by atoms with Gasteiger partial charge in [0.25, 0.3) is 0 Å². The molecule has 0 spiro atoms. The van der Waals surface area contributed by atoms with Gasteiger partial charge in [-0.1, -0.05) is 19.4 Å². The number of rotatable bonds is 6. The van der Waals surface area contributed by atoms with Crippen molar-refractivity contribution >= 4 is 21.6 Å². The summed E-state index contributed by atoms with van der Waals surface area (Å²) in [5.74, 6) is 0.679. The molecule has 0 fully saturated rings. The lowest BCUT2D eigenvalue weighted by atomic mass is 10.1. The van der Waals surface area contributed by atoms with E-state index >= 15 is 0 Å². The van der Waals surface area contributed by atoms with Crippen molar-refractivity contribution in [2.24, 2.45) is 5.92 Å². The van der Waals surface area contributed by atoms with Crippen LogP contribution in [0.4, 0.5) is 5.69 Å². The molecule has 0 aliphatic rings. The number of anilines is 1. The zero-order valence-electron chi connectivity index (χ0n) is 10.3. The lowest BCUT2D eigenvalue weighted by Crippen LogP contribution is -2.24. The van der Waals surface area contributed by atoms with Crippen molar-refractivity contribution in [3.8, 4) is 0 Å². The number of benzene rings is 1. The van der Waals surface area contributed by atoms with E-state index in [1.165, 1.54) is 17.7 Å². The van der Waals surface area contributed by atoms with Crippen LogP contribution in [0.3, 0.4) is 0 Å². The van der Waals surface area contributed by atoms with E-state index in [-0.39, 0.29) is 0 Å². The van der Waals surface area contributed by atoms with Crippen LogP contribution in [0.1, 0.15) is 18.9 Å². The molecule has 0 heterocycles. The molecular weight excluding hydrogens is 264 g/mol. The summed E-state index contributed by atoms with van der Waals surface area (Å²) in [6.45, 7) is 6.41. The van der Waals surface area contributed by atoms with Crippen LogP contribution in [-0.2, 0) is 0 Å². The molecule has 1 rings (SSSR count). The van der Waals surface area contributed by atoms with Crippen molar-refractivity contribution in [3.05, 3.63) is 28.2 Å². The van der Waals surface area contributed by atoms with Gasteiger partial charge in [-0.3, -0.25) is 0 Å². The highest BCUT2D eigenvalue weighted by atomic mass is 79.9. The summed E-state index contributed by atoms with van der Waals surface area (Å²) in [5, 5.41) is 6.72. The Morgan fingerprint density at radius 2 is 2.06 bits per heavy atom. The lowest BCUT2D eigenvalue weighted by Gasteiger charge is -2.17. The lowest BCUT2D eigenvalue weighted by molar-refractivity contribution is 0.506. The first-order valence-electron chi connectivity index (χ1n) is 5.82. The van der Waals surface area contributed by atoms with Gasteiger partial charge >= 0.3 is 0 Å². The fraction of sp³-hybridized carbons (Fsp3) is 0.538. The smallest absolute Gasteiger partial charge is 0.0484 e. The van der Waals surface area contributed by atoms with Crippen LogP contribution >= 0.6 is 15.9 Å². The topological polar surface area (TPSA) is 24.1 Å². The summed E-state index contributed by atoms with van der Waals surface area (Å²) in [6.07, 6.45) is 1.19. The van der Waals surface area contributed by atoms with Crippen molar-refractivity contribution in [3.63, 3.8) is 0 Å². The van der Waals surface area contributed by atoms with Crippen molar-refractivity contribution in [2.75, 3.05) is 25.5 Å². The molecule has 0 radical (unpaired) electrons. The summed E-state index contributed by atoms with van der Waals surface area (Å²) in [5.41, 5.74) is 2.46. The SMILES string of the molecule is CCC(CNC)CNc1ccc(C)cc1Br. The summed E-state index contributed by atoms with van der Waals surface area (Å²) in [4.78, 5) is 0. The van der Waals surface area contributed by atoms with Gasteiger partial charge in [0.1, 0.15) is 0 Å².